The van der Waals surface area contributed by atoms with Crippen LogP contribution in [0.25, 0.3) is 11.3 Å². The Balaban J connectivity index is 2.59. The largest absolute Gasteiger partial charge is 0.497 e. The van der Waals surface area contributed by atoms with Gasteiger partial charge in [0.15, 0.2) is 0 Å². The van der Waals surface area contributed by atoms with Crippen molar-refractivity contribution in [1.29, 1.82) is 0 Å². The summed E-state index contributed by atoms with van der Waals surface area (Å²) in [5.74, 6) is 2.91. The second-order valence-electron chi connectivity index (χ2n) is 4.02. The Morgan fingerprint density at radius 3 is 2.44 bits per heavy atom. The predicted molar refractivity (Wildman–Crippen MR) is 70.9 cm³/mol. The number of nitrogens with zero attached hydrogens (tertiary/aromatic N) is 2. The zero-order valence-electron chi connectivity index (χ0n) is 11.0. The minimum absolute atomic E-state index is 0.621. The number of benzene rings is 1. The summed E-state index contributed by atoms with van der Waals surface area (Å²) in [6.07, 6.45) is 0. The number of imidazole rings is 1. The molecule has 5 heteroatoms. The molecule has 0 radical (unpaired) electrons. The van der Waals surface area contributed by atoms with Crippen LogP contribution in [0, 0.1) is 6.92 Å². The SMILES string of the molecule is COc1ccc(-c2nc(C)n(C)c2N)c(OC)c1. The lowest BCUT2D eigenvalue weighted by molar-refractivity contribution is 0.395. The quantitative estimate of drug-likeness (QED) is 0.901. The molecular weight excluding hydrogens is 230 g/mol. The fourth-order valence-corrected chi connectivity index (χ4v) is 1.82. The van der Waals surface area contributed by atoms with E-state index in [1.54, 1.807) is 14.2 Å². The van der Waals surface area contributed by atoms with E-state index in [-0.39, 0.29) is 0 Å². The molecule has 1 heterocycles. The summed E-state index contributed by atoms with van der Waals surface area (Å²) in [5, 5.41) is 0. The van der Waals surface area contributed by atoms with E-state index in [0.29, 0.717) is 11.6 Å². The molecule has 0 saturated carbocycles. The average Bonchev–Trinajstić information content (AvgIpc) is 2.65. The lowest BCUT2D eigenvalue weighted by atomic mass is 10.1. The minimum atomic E-state index is 0.621. The summed E-state index contributed by atoms with van der Waals surface area (Å²) in [6.45, 7) is 1.91. The van der Waals surface area contributed by atoms with Gasteiger partial charge in [-0.1, -0.05) is 0 Å². The van der Waals surface area contributed by atoms with Crippen LogP contribution >= 0.6 is 0 Å². The molecule has 0 saturated heterocycles. The fraction of sp³-hybridized carbons (Fsp3) is 0.308. The van der Waals surface area contributed by atoms with Gasteiger partial charge < -0.3 is 19.8 Å². The molecule has 0 amide bonds. The maximum Gasteiger partial charge on any atom is 0.132 e. The molecule has 5 nitrogen and oxygen atoms in total. The second-order valence-corrected chi connectivity index (χ2v) is 4.02. The zero-order valence-corrected chi connectivity index (χ0v) is 11.0. The lowest BCUT2D eigenvalue weighted by Gasteiger charge is -2.09. The van der Waals surface area contributed by atoms with Gasteiger partial charge in [-0.3, -0.25) is 0 Å². The third kappa shape index (κ3) is 1.88. The number of ether oxygens (including phenoxy) is 2. The summed E-state index contributed by atoms with van der Waals surface area (Å²) in [4.78, 5) is 4.46. The molecule has 1 aromatic carbocycles. The Labute approximate surface area is 106 Å². The summed E-state index contributed by atoms with van der Waals surface area (Å²) in [6, 6.07) is 5.58. The Kier molecular flexibility index (Phi) is 3.14. The number of aromatic nitrogens is 2. The van der Waals surface area contributed by atoms with Crippen LogP contribution in [0.4, 0.5) is 5.82 Å². The van der Waals surface area contributed by atoms with E-state index in [0.717, 1.165) is 22.8 Å². The van der Waals surface area contributed by atoms with E-state index >= 15 is 0 Å². The van der Waals surface area contributed by atoms with Crippen LogP contribution in [0.5, 0.6) is 11.5 Å². The number of aryl methyl sites for hydroxylation is 1. The van der Waals surface area contributed by atoms with E-state index < -0.39 is 0 Å². The number of anilines is 1. The van der Waals surface area contributed by atoms with E-state index in [4.69, 9.17) is 15.2 Å². The lowest BCUT2D eigenvalue weighted by Crippen LogP contribution is -1.98. The van der Waals surface area contributed by atoms with Gasteiger partial charge in [-0.05, 0) is 19.1 Å². The van der Waals surface area contributed by atoms with Gasteiger partial charge in [-0.15, -0.1) is 0 Å². The van der Waals surface area contributed by atoms with E-state index in [1.807, 2.05) is 36.7 Å². The molecule has 0 atom stereocenters. The van der Waals surface area contributed by atoms with Gasteiger partial charge in [0.25, 0.3) is 0 Å². The van der Waals surface area contributed by atoms with Crippen molar-refractivity contribution < 1.29 is 9.47 Å². The highest BCUT2D eigenvalue weighted by Crippen LogP contribution is 2.35. The predicted octanol–water partition coefficient (Wildman–Crippen LogP) is 1.99. The van der Waals surface area contributed by atoms with E-state index in [2.05, 4.69) is 4.98 Å². The van der Waals surface area contributed by atoms with Crippen molar-refractivity contribution in [3.05, 3.63) is 24.0 Å². The maximum absolute atomic E-state index is 6.04. The van der Waals surface area contributed by atoms with Crippen molar-refractivity contribution >= 4 is 5.82 Å². The standard InChI is InChI=1S/C13H17N3O2/c1-8-15-12(13(14)16(8)2)10-6-5-9(17-3)7-11(10)18-4/h5-7H,14H2,1-4H3. The van der Waals surface area contributed by atoms with Crippen LogP contribution < -0.4 is 15.2 Å². The Hall–Kier alpha value is -2.17. The first-order valence-corrected chi connectivity index (χ1v) is 5.59. The van der Waals surface area contributed by atoms with Crippen molar-refractivity contribution in [3.63, 3.8) is 0 Å². The van der Waals surface area contributed by atoms with Gasteiger partial charge in [0.2, 0.25) is 0 Å². The van der Waals surface area contributed by atoms with E-state index in [1.165, 1.54) is 0 Å². The van der Waals surface area contributed by atoms with Gasteiger partial charge in [-0.2, -0.15) is 0 Å². The summed E-state index contributed by atoms with van der Waals surface area (Å²) >= 11 is 0. The monoisotopic (exact) mass is 247 g/mol. The third-order valence-corrected chi connectivity index (χ3v) is 3.03. The molecule has 0 unspecified atom stereocenters. The Bertz CT molecular complexity index is 576. The highest BCUT2D eigenvalue weighted by Gasteiger charge is 2.15. The summed E-state index contributed by atoms with van der Waals surface area (Å²) < 4.78 is 12.4. The van der Waals surface area contributed by atoms with Crippen LogP contribution in [-0.2, 0) is 7.05 Å². The van der Waals surface area contributed by atoms with Crippen molar-refractivity contribution in [1.82, 2.24) is 9.55 Å². The van der Waals surface area contributed by atoms with E-state index in [9.17, 15) is 0 Å². The number of hydrogen-bond donors (Lipinski definition) is 1. The topological polar surface area (TPSA) is 62.3 Å². The van der Waals surface area contributed by atoms with Crippen molar-refractivity contribution in [2.75, 3.05) is 20.0 Å². The van der Waals surface area contributed by atoms with Gasteiger partial charge in [0, 0.05) is 18.7 Å². The van der Waals surface area contributed by atoms with Gasteiger partial charge in [0.1, 0.15) is 28.8 Å². The van der Waals surface area contributed by atoms with Gasteiger partial charge in [-0.25, -0.2) is 4.98 Å². The molecule has 0 bridgehead atoms. The molecule has 0 aliphatic rings. The minimum Gasteiger partial charge on any atom is -0.497 e. The number of rotatable bonds is 3. The Morgan fingerprint density at radius 1 is 1.22 bits per heavy atom. The molecule has 2 aromatic rings. The number of methoxy groups -OCH3 is 2. The van der Waals surface area contributed by atoms with Crippen LogP contribution in [0.1, 0.15) is 5.82 Å². The van der Waals surface area contributed by atoms with Crippen molar-refractivity contribution in [3.8, 4) is 22.8 Å². The van der Waals surface area contributed by atoms with Gasteiger partial charge >= 0.3 is 0 Å². The highest BCUT2D eigenvalue weighted by atomic mass is 16.5. The van der Waals surface area contributed by atoms with Crippen molar-refractivity contribution in [2.45, 2.75) is 6.92 Å². The first-order chi connectivity index (χ1) is 8.58. The molecule has 1 aromatic heterocycles. The van der Waals surface area contributed by atoms with Crippen LogP contribution in [-0.4, -0.2) is 23.8 Å². The smallest absolute Gasteiger partial charge is 0.132 e. The average molecular weight is 247 g/mol. The molecule has 0 aliphatic heterocycles. The molecule has 2 rings (SSSR count). The Morgan fingerprint density at radius 2 is 1.94 bits per heavy atom. The normalized spacial score (nSPS) is 10.4. The van der Waals surface area contributed by atoms with Crippen LogP contribution in [0.3, 0.4) is 0 Å². The second kappa shape index (κ2) is 4.60. The molecule has 2 N–H and O–H groups in total. The molecule has 96 valence electrons. The molecular formula is C13H17N3O2. The van der Waals surface area contributed by atoms with Crippen molar-refractivity contribution in [2.24, 2.45) is 7.05 Å². The molecule has 0 fully saturated rings. The molecule has 0 aliphatic carbocycles. The maximum atomic E-state index is 6.04. The third-order valence-electron chi connectivity index (χ3n) is 3.03. The first-order valence-electron chi connectivity index (χ1n) is 5.59. The molecule has 0 spiro atoms. The van der Waals surface area contributed by atoms with Crippen LogP contribution in [0.15, 0.2) is 18.2 Å². The number of nitrogens with two attached hydrogens (primary N) is 1. The first kappa shape index (κ1) is 12.3. The number of nitrogen functional groups attached to an aromatic ring is 1. The van der Waals surface area contributed by atoms with Gasteiger partial charge in [0.05, 0.1) is 14.2 Å². The molecule has 18 heavy (non-hydrogen) atoms. The number of hydrogen-bond acceptors (Lipinski definition) is 4. The van der Waals surface area contributed by atoms with Crippen LogP contribution in [0.2, 0.25) is 0 Å². The highest BCUT2D eigenvalue weighted by molar-refractivity contribution is 5.76. The summed E-state index contributed by atoms with van der Waals surface area (Å²) in [5.41, 5.74) is 7.63. The zero-order chi connectivity index (χ0) is 13.3. The fourth-order valence-electron chi connectivity index (χ4n) is 1.82. The summed E-state index contributed by atoms with van der Waals surface area (Å²) in [7, 11) is 5.12.